The van der Waals surface area contributed by atoms with Crippen LogP contribution in [0.15, 0.2) is 18.2 Å². The monoisotopic (exact) mass is 280 g/mol. The number of nitro groups is 1. The van der Waals surface area contributed by atoms with E-state index in [4.69, 9.17) is 15.2 Å². The molecule has 0 atom stereocenters. The lowest BCUT2D eigenvalue weighted by Crippen LogP contribution is -2.47. The van der Waals surface area contributed by atoms with Gasteiger partial charge in [0.05, 0.1) is 23.6 Å². The summed E-state index contributed by atoms with van der Waals surface area (Å²) in [5.41, 5.74) is 5.81. The minimum atomic E-state index is -0.470. The van der Waals surface area contributed by atoms with Crippen molar-refractivity contribution < 1.29 is 14.4 Å². The lowest BCUT2D eigenvalue weighted by Gasteiger charge is -2.32. The van der Waals surface area contributed by atoms with Crippen molar-refractivity contribution >= 4 is 5.69 Å². The molecule has 1 saturated carbocycles. The van der Waals surface area contributed by atoms with E-state index in [-0.39, 0.29) is 17.0 Å². The van der Waals surface area contributed by atoms with Gasteiger partial charge < -0.3 is 15.2 Å². The van der Waals surface area contributed by atoms with Gasteiger partial charge in [-0.15, -0.1) is 0 Å². The first-order chi connectivity index (χ1) is 9.54. The number of ether oxygens (including phenoxy) is 2. The van der Waals surface area contributed by atoms with E-state index in [1.807, 2.05) is 0 Å². The summed E-state index contributed by atoms with van der Waals surface area (Å²) in [6.07, 6.45) is 5.17. The second-order valence-electron chi connectivity index (χ2n) is 5.30. The van der Waals surface area contributed by atoms with E-state index in [1.165, 1.54) is 19.6 Å². The average Bonchev–Trinajstić information content (AvgIpc) is 2.45. The van der Waals surface area contributed by atoms with E-state index in [9.17, 15) is 10.1 Å². The van der Waals surface area contributed by atoms with Gasteiger partial charge in [-0.25, -0.2) is 0 Å². The number of nitrogens with two attached hydrogens (primary N) is 1. The van der Waals surface area contributed by atoms with Crippen LogP contribution in [-0.4, -0.2) is 24.2 Å². The van der Waals surface area contributed by atoms with Gasteiger partial charge in [0.2, 0.25) is 0 Å². The fraction of sp³-hybridized carbons (Fsp3) is 0.571. The van der Waals surface area contributed by atoms with E-state index >= 15 is 0 Å². The smallest absolute Gasteiger partial charge is 0.314 e. The van der Waals surface area contributed by atoms with Crippen molar-refractivity contribution in [1.29, 1.82) is 0 Å². The Bertz CT molecular complexity index is 484. The fourth-order valence-corrected chi connectivity index (χ4v) is 2.51. The first-order valence-electron chi connectivity index (χ1n) is 6.78. The van der Waals surface area contributed by atoms with Gasteiger partial charge >= 0.3 is 5.69 Å². The summed E-state index contributed by atoms with van der Waals surface area (Å²) in [5, 5.41) is 11.1. The second-order valence-corrected chi connectivity index (χ2v) is 5.30. The molecule has 2 N–H and O–H groups in total. The Balaban J connectivity index is 2.10. The van der Waals surface area contributed by atoms with Gasteiger partial charge in [-0.2, -0.15) is 0 Å². The molecule has 0 bridgehead atoms. The molecule has 6 nitrogen and oxygen atoms in total. The molecule has 0 saturated heterocycles. The van der Waals surface area contributed by atoms with Gasteiger partial charge in [-0.1, -0.05) is 19.3 Å². The van der Waals surface area contributed by atoms with Crippen molar-refractivity contribution in [3.63, 3.8) is 0 Å². The predicted molar refractivity (Wildman–Crippen MR) is 75.1 cm³/mol. The molecular formula is C14H20N2O4. The quantitative estimate of drug-likeness (QED) is 0.661. The van der Waals surface area contributed by atoms with Crippen LogP contribution in [-0.2, 0) is 0 Å². The second kappa shape index (κ2) is 6.09. The van der Waals surface area contributed by atoms with Crippen LogP contribution in [0.25, 0.3) is 0 Å². The zero-order valence-corrected chi connectivity index (χ0v) is 11.6. The third-order valence-electron chi connectivity index (χ3n) is 3.73. The molecule has 0 aromatic heterocycles. The summed E-state index contributed by atoms with van der Waals surface area (Å²) in [6, 6.07) is 4.56. The molecule has 0 unspecified atom stereocenters. The Morgan fingerprint density at radius 3 is 2.65 bits per heavy atom. The number of methoxy groups -OCH3 is 1. The van der Waals surface area contributed by atoms with Crippen molar-refractivity contribution in [1.82, 2.24) is 0 Å². The molecule has 1 fully saturated rings. The van der Waals surface area contributed by atoms with Crippen LogP contribution < -0.4 is 15.2 Å². The molecule has 0 amide bonds. The summed E-state index contributed by atoms with van der Waals surface area (Å²) in [4.78, 5) is 10.6. The van der Waals surface area contributed by atoms with Crippen molar-refractivity contribution in [2.45, 2.75) is 37.6 Å². The number of rotatable bonds is 5. The van der Waals surface area contributed by atoms with Crippen molar-refractivity contribution in [3.8, 4) is 11.5 Å². The normalized spacial score (nSPS) is 17.5. The zero-order chi connectivity index (χ0) is 14.6. The van der Waals surface area contributed by atoms with Gasteiger partial charge in [0.15, 0.2) is 5.75 Å². The van der Waals surface area contributed by atoms with Gasteiger partial charge in [-0.3, -0.25) is 10.1 Å². The summed E-state index contributed by atoms with van der Waals surface area (Å²) >= 11 is 0. The van der Waals surface area contributed by atoms with Gasteiger partial charge in [0, 0.05) is 0 Å². The molecule has 1 aliphatic rings. The molecule has 1 aromatic rings. The first kappa shape index (κ1) is 14.6. The SMILES string of the molecule is COc1ccc(OCC2(N)CCCCC2)c([N+](=O)[O-])c1. The van der Waals surface area contributed by atoms with Crippen LogP contribution in [0, 0.1) is 10.1 Å². The number of hydrogen-bond donors (Lipinski definition) is 1. The highest BCUT2D eigenvalue weighted by Gasteiger charge is 2.29. The van der Waals surface area contributed by atoms with E-state index in [1.54, 1.807) is 12.1 Å². The topological polar surface area (TPSA) is 87.6 Å². The maximum Gasteiger partial charge on any atom is 0.314 e. The molecule has 0 heterocycles. The molecular weight excluding hydrogens is 260 g/mol. The van der Waals surface area contributed by atoms with Gasteiger partial charge in [0.1, 0.15) is 12.4 Å². The molecule has 110 valence electrons. The largest absolute Gasteiger partial charge is 0.496 e. The third-order valence-corrected chi connectivity index (χ3v) is 3.73. The Morgan fingerprint density at radius 1 is 1.35 bits per heavy atom. The summed E-state index contributed by atoms with van der Waals surface area (Å²) < 4.78 is 10.6. The highest BCUT2D eigenvalue weighted by molar-refractivity contribution is 5.50. The molecule has 0 aliphatic heterocycles. The highest BCUT2D eigenvalue weighted by Crippen LogP contribution is 2.33. The lowest BCUT2D eigenvalue weighted by molar-refractivity contribution is -0.386. The zero-order valence-electron chi connectivity index (χ0n) is 11.6. The molecule has 20 heavy (non-hydrogen) atoms. The predicted octanol–water partition coefficient (Wildman–Crippen LogP) is 2.64. The summed E-state index contributed by atoms with van der Waals surface area (Å²) in [5.74, 6) is 0.676. The average molecular weight is 280 g/mol. The fourth-order valence-electron chi connectivity index (χ4n) is 2.51. The van der Waals surface area contributed by atoms with Crippen LogP contribution in [0.3, 0.4) is 0 Å². The van der Waals surface area contributed by atoms with E-state index in [2.05, 4.69) is 0 Å². The van der Waals surface area contributed by atoms with E-state index < -0.39 is 4.92 Å². The molecule has 1 aromatic carbocycles. The first-order valence-corrected chi connectivity index (χ1v) is 6.78. The van der Waals surface area contributed by atoms with Crippen LogP contribution in [0.1, 0.15) is 32.1 Å². The van der Waals surface area contributed by atoms with Gasteiger partial charge in [0.25, 0.3) is 0 Å². The van der Waals surface area contributed by atoms with Crippen molar-refractivity contribution in [2.75, 3.05) is 13.7 Å². The Hall–Kier alpha value is -1.82. The summed E-state index contributed by atoms with van der Waals surface area (Å²) in [6.45, 7) is 0.306. The third kappa shape index (κ3) is 3.39. The van der Waals surface area contributed by atoms with Crippen LogP contribution in [0.4, 0.5) is 5.69 Å². The lowest BCUT2D eigenvalue weighted by atomic mass is 9.83. The Morgan fingerprint density at radius 2 is 2.05 bits per heavy atom. The number of hydrogen-bond acceptors (Lipinski definition) is 5. The summed E-state index contributed by atoms with van der Waals surface area (Å²) in [7, 11) is 1.47. The standard InChI is InChI=1S/C14H20N2O4/c1-19-11-5-6-13(12(9-11)16(17)18)20-10-14(15)7-3-2-4-8-14/h5-6,9H,2-4,7-8,10,15H2,1H3. The van der Waals surface area contributed by atoms with E-state index in [0.29, 0.717) is 12.4 Å². The molecule has 6 heteroatoms. The molecule has 2 rings (SSSR count). The van der Waals surface area contributed by atoms with Gasteiger partial charge in [-0.05, 0) is 25.0 Å². The maximum atomic E-state index is 11.1. The Kier molecular flexibility index (Phi) is 4.44. The van der Waals surface area contributed by atoms with E-state index in [0.717, 1.165) is 25.7 Å². The minimum Gasteiger partial charge on any atom is -0.496 e. The van der Waals surface area contributed by atoms with Crippen molar-refractivity contribution in [3.05, 3.63) is 28.3 Å². The van der Waals surface area contributed by atoms with Crippen LogP contribution in [0.2, 0.25) is 0 Å². The highest BCUT2D eigenvalue weighted by atomic mass is 16.6. The van der Waals surface area contributed by atoms with Crippen LogP contribution >= 0.6 is 0 Å². The molecule has 0 spiro atoms. The number of benzene rings is 1. The Labute approximate surface area is 118 Å². The number of nitrogens with zero attached hydrogens (tertiary/aromatic N) is 1. The molecule has 1 aliphatic carbocycles. The van der Waals surface area contributed by atoms with Crippen LogP contribution in [0.5, 0.6) is 11.5 Å². The minimum absolute atomic E-state index is 0.0937. The number of nitro benzene ring substituents is 1. The van der Waals surface area contributed by atoms with Crippen molar-refractivity contribution in [2.24, 2.45) is 5.73 Å². The maximum absolute atomic E-state index is 11.1. The molecule has 0 radical (unpaired) electrons.